The Labute approximate surface area is 246 Å². The molecule has 0 aliphatic rings. The fraction of sp³-hybridized carbons (Fsp3) is 0.281. The monoisotopic (exact) mass is 572 g/mol. The lowest BCUT2D eigenvalue weighted by Gasteiger charge is -2.20. The van der Waals surface area contributed by atoms with Crippen LogP contribution in [-0.2, 0) is 16.9 Å². The molecule has 9 heteroatoms. The number of methoxy groups -OCH3 is 3. The lowest BCUT2D eigenvalue weighted by atomic mass is 10.1. The highest BCUT2D eigenvalue weighted by Gasteiger charge is 2.13. The van der Waals surface area contributed by atoms with Crippen LogP contribution in [0.1, 0.15) is 21.5 Å². The van der Waals surface area contributed by atoms with Crippen molar-refractivity contribution in [2.75, 3.05) is 53.0 Å². The molecule has 8 nitrogen and oxygen atoms in total. The van der Waals surface area contributed by atoms with Crippen molar-refractivity contribution in [1.29, 1.82) is 0 Å². The van der Waals surface area contributed by atoms with Crippen molar-refractivity contribution in [3.63, 3.8) is 0 Å². The minimum Gasteiger partial charge on any atom is -0.493 e. The number of nitrogens with one attached hydrogen (secondary N) is 1. The summed E-state index contributed by atoms with van der Waals surface area (Å²) >= 11 is 1.57. The largest absolute Gasteiger partial charge is 0.493 e. The molecule has 0 bridgehead atoms. The second-order valence-electron chi connectivity index (χ2n) is 9.36. The molecule has 4 rings (SSSR count). The molecule has 1 amide bonds. The van der Waals surface area contributed by atoms with Gasteiger partial charge in [-0.15, -0.1) is 0 Å². The number of amides is 1. The van der Waals surface area contributed by atoms with Crippen molar-refractivity contribution in [3.8, 4) is 22.8 Å². The van der Waals surface area contributed by atoms with Crippen LogP contribution in [-0.4, -0.2) is 63.9 Å². The van der Waals surface area contributed by atoms with Gasteiger partial charge in [0.05, 0.1) is 26.5 Å². The third-order valence-corrected chi connectivity index (χ3v) is 7.43. The van der Waals surface area contributed by atoms with Gasteiger partial charge in [-0.05, 0) is 41.8 Å². The van der Waals surface area contributed by atoms with Gasteiger partial charge in [-0.2, -0.15) is 0 Å². The number of benzene rings is 3. The van der Waals surface area contributed by atoms with E-state index < -0.39 is 0 Å². The van der Waals surface area contributed by atoms with E-state index in [0.717, 1.165) is 52.7 Å². The number of likely N-dealkylation sites (N-methyl/N-ethyl adjacent to an activating group) is 1. The Morgan fingerprint density at radius 2 is 1.61 bits per heavy atom. The van der Waals surface area contributed by atoms with E-state index in [2.05, 4.69) is 28.4 Å². The summed E-state index contributed by atoms with van der Waals surface area (Å²) in [6.45, 7) is 1.72. The number of nitrogens with zero attached hydrogens (tertiary/aromatic N) is 3. The van der Waals surface area contributed by atoms with Crippen molar-refractivity contribution in [2.45, 2.75) is 17.3 Å². The molecule has 0 saturated heterocycles. The van der Waals surface area contributed by atoms with E-state index in [1.165, 1.54) is 0 Å². The first-order valence-electron chi connectivity index (χ1n) is 13.4. The zero-order valence-electron chi connectivity index (χ0n) is 23.9. The number of anilines is 1. The van der Waals surface area contributed by atoms with Crippen LogP contribution < -0.4 is 19.7 Å². The maximum Gasteiger partial charge on any atom is 0.251 e. The van der Waals surface area contributed by atoms with Gasteiger partial charge in [-0.3, -0.25) is 4.79 Å². The van der Waals surface area contributed by atoms with Crippen molar-refractivity contribution < 1.29 is 19.0 Å². The van der Waals surface area contributed by atoms with Crippen LogP contribution in [0, 0.1) is 0 Å². The Hall–Kier alpha value is -4.08. The molecular weight excluding hydrogens is 536 g/mol. The topological polar surface area (TPSA) is 85.8 Å². The van der Waals surface area contributed by atoms with Gasteiger partial charge in [-0.25, -0.2) is 9.97 Å². The van der Waals surface area contributed by atoms with Gasteiger partial charge in [0.15, 0.2) is 16.7 Å². The van der Waals surface area contributed by atoms with Gasteiger partial charge in [0.1, 0.15) is 5.82 Å². The highest BCUT2D eigenvalue weighted by Crippen LogP contribution is 2.29. The minimum atomic E-state index is -0.110. The molecule has 1 aromatic heterocycles. The maximum absolute atomic E-state index is 12.3. The Bertz CT molecular complexity index is 1420. The maximum atomic E-state index is 12.3. The number of hydrogen-bond acceptors (Lipinski definition) is 8. The van der Waals surface area contributed by atoms with Crippen molar-refractivity contribution in [1.82, 2.24) is 15.3 Å². The van der Waals surface area contributed by atoms with Crippen molar-refractivity contribution in [3.05, 3.63) is 95.6 Å². The standard InChI is InChI=1S/C32H36N4O4S/c1-36(18-16-23-12-15-28(39-3)29(20-23)40-4)30-21-27(25-8-6-5-7-9-25)34-32(35-30)41-22-24-10-13-26(14-11-24)31(37)33-17-19-38-2/h5-15,20-21H,16-19,22H2,1-4H3,(H,33,37). The molecule has 0 spiro atoms. The summed E-state index contributed by atoms with van der Waals surface area (Å²) in [5, 5.41) is 3.54. The number of carbonyl (C=O) groups excluding carboxylic acids is 1. The average molecular weight is 573 g/mol. The van der Waals surface area contributed by atoms with E-state index in [1.54, 1.807) is 33.1 Å². The zero-order valence-corrected chi connectivity index (χ0v) is 24.7. The SMILES string of the molecule is COCCNC(=O)c1ccc(CSc2nc(-c3ccccc3)cc(N(C)CCc3ccc(OC)c(OC)c3)n2)cc1. The minimum absolute atomic E-state index is 0.110. The van der Waals surface area contributed by atoms with Crippen LogP contribution in [0.5, 0.6) is 11.5 Å². The van der Waals surface area contributed by atoms with E-state index in [0.29, 0.717) is 29.6 Å². The number of rotatable bonds is 14. The first-order valence-corrected chi connectivity index (χ1v) is 14.3. The van der Waals surface area contributed by atoms with E-state index in [9.17, 15) is 4.79 Å². The number of aromatic nitrogens is 2. The average Bonchev–Trinajstić information content (AvgIpc) is 3.03. The molecule has 0 atom stereocenters. The van der Waals surface area contributed by atoms with Crippen LogP contribution in [0.15, 0.2) is 84.0 Å². The summed E-state index contributed by atoms with van der Waals surface area (Å²) in [6.07, 6.45) is 0.815. The van der Waals surface area contributed by atoms with Gasteiger partial charge < -0.3 is 24.4 Å². The molecule has 41 heavy (non-hydrogen) atoms. The van der Waals surface area contributed by atoms with Gasteiger partial charge >= 0.3 is 0 Å². The molecule has 0 radical (unpaired) electrons. The predicted molar refractivity (Wildman–Crippen MR) is 164 cm³/mol. The number of thioether (sulfide) groups is 1. The second kappa shape index (κ2) is 15.1. The van der Waals surface area contributed by atoms with Gasteiger partial charge in [0, 0.05) is 50.2 Å². The van der Waals surface area contributed by atoms with Crippen LogP contribution in [0.2, 0.25) is 0 Å². The number of hydrogen-bond donors (Lipinski definition) is 1. The number of ether oxygens (including phenoxy) is 3. The molecule has 4 aromatic rings. The molecule has 1 N–H and O–H groups in total. The third kappa shape index (κ3) is 8.45. The molecule has 214 valence electrons. The Morgan fingerprint density at radius 3 is 2.32 bits per heavy atom. The molecule has 1 heterocycles. The fourth-order valence-electron chi connectivity index (χ4n) is 4.15. The molecule has 0 saturated carbocycles. The van der Waals surface area contributed by atoms with Crippen molar-refractivity contribution in [2.24, 2.45) is 0 Å². The molecule has 0 aliphatic heterocycles. The summed E-state index contributed by atoms with van der Waals surface area (Å²) in [6, 6.07) is 25.8. The fourth-order valence-corrected chi connectivity index (χ4v) is 4.96. The van der Waals surface area contributed by atoms with Crippen molar-refractivity contribution >= 4 is 23.5 Å². The van der Waals surface area contributed by atoms with Gasteiger partial charge in [-0.1, -0.05) is 60.3 Å². The lowest BCUT2D eigenvalue weighted by Crippen LogP contribution is -2.26. The lowest BCUT2D eigenvalue weighted by molar-refractivity contribution is 0.0937. The van der Waals surface area contributed by atoms with Crippen LogP contribution in [0.4, 0.5) is 5.82 Å². The smallest absolute Gasteiger partial charge is 0.251 e. The molecule has 0 unspecified atom stereocenters. The summed E-state index contributed by atoms with van der Waals surface area (Å²) < 4.78 is 15.8. The molecule has 0 fully saturated rings. The summed E-state index contributed by atoms with van der Waals surface area (Å²) in [5.41, 5.74) is 4.77. The Kier molecular flexibility index (Phi) is 11.0. The predicted octanol–water partition coefficient (Wildman–Crippen LogP) is 5.51. The Balaban J connectivity index is 1.47. The molecular formula is C32H36N4O4S. The van der Waals surface area contributed by atoms with Crippen LogP contribution in [0.3, 0.4) is 0 Å². The zero-order chi connectivity index (χ0) is 29.0. The highest BCUT2D eigenvalue weighted by atomic mass is 32.2. The molecule has 0 aliphatic carbocycles. The molecule has 3 aromatic carbocycles. The van der Waals surface area contributed by atoms with E-state index in [4.69, 9.17) is 24.2 Å². The normalized spacial score (nSPS) is 10.7. The second-order valence-corrected chi connectivity index (χ2v) is 10.3. The van der Waals surface area contributed by atoms with E-state index in [-0.39, 0.29) is 5.91 Å². The number of carbonyl (C=O) groups is 1. The Morgan fingerprint density at radius 1 is 0.878 bits per heavy atom. The third-order valence-electron chi connectivity index (χ3n) is 6.51. The highest BCUT2D eigenvalue weighted by molar-refractivity contribution is 7.98. The van der Waals surface area contributed by atoms with Crippen LogP contribution in [0.25, 0.3) is 11.3 Å². The summed E-state index contributed by atoms with van der Waals surface area (Å²) in [5.74, 6) is 2.86. The van der Waals surface area contributed by atoms with Crippen LogP contribution >= 0.6 is 11.8 Å². The van der Waals surface area contributed by atoms with Gasteiger partial charge in [0.2, 0.25) is 0 Å². The quantitative estimate of drug-likeness (QED) is 0.120. The first kappa shape index (κ1) is 29.9. The van der Waals surface area contributed by atoms with E-state index >= 15 is 0 Å². The summed E-state index contributed by atoms with van der Waals surface area (Å²) in [4.78, 5) is 24.2. The first-order chi connectivity index (χ1) is 20.0. The van der Waals surface area contributed by atoms with Gasteiger partial charge in [0.25, 0.3) is 5.91 Å². The van der Waals surface area contributed by atoms with E-state index in [1.807, 2.05) is 67.7 Å². The summed E-state index contributed by atoms with van der Waals surface area (Å²) in [7, 11) is 6.94.